The Kier molecular flexibility index (Phi) is 7.96. The van der Waals surface area contributed by atoms with Gasteiger partial charge in [-0.15, -0.1) is 12.4 Å². The van der Waals surface area contributed by atoms with Crippen molar-refractivity contribution in [3.8, 4) is 0 Å². The van der Waals surface area contributed by atoms with Crippen molar-refractivity contribution in [2.24, 2.45) is 5.73 Å². The highest BCUT2D eigenvalue weighted by Crippen LogP contribution is 2.17. The summed E-state index contributed by atoms with van der Waals surface area (Å²) in [5, 5.41) is 3.00. The number of carbonyl (C=O) groups excluding carboxylic acids is 2. The molecule has 0 bridgehead atoms. The quantitative estimate of drug-likeness (QED) is 0.802. The van der Waals surface area contributed by atoms with E-state index in [0.29, 0.717) is 25.9 Å². The Morgan fingerprint density at radius 2 is 1.68 bits per heavy atom. The fourth-order valence-electron chi connectivity index (χ4n) is 3.34. The molecule has 1 fully saturated rings. The van der Waals surface area contributed by atoms with Gasteiger partial charge in [0, 0.05) is 31.6 Å². The minimum Gasteiger partial charge on any atom is -0.353 e. The van der Waals surface area contributed by atoms with Crippen LogP contribution in [0.2, 0.25) is 0 Å². The Balaban J connectivity index is 0.00000280. The van der Waals surface area contributed by atoms with Gasteiger partial charge in [0.1, 0.15) is 5.82 Å². The third-order valence-corrected chi connectivity index (χ3v) is 4.88. The largest absolute Gasteiger partial charge is 0.353 e. The predicted molar refractivity (Wildman–Crippen MR) is 109 cm³/mol. The number of hydrogen-bond acceptors (Lipinski definition) is 3. The van der Waals surface area contributed by atoms with Crippen LogP contribution in [0.3, 0.4) is 0 Å². The van der Waals surface area contributed by atoms with Crippen LogP contribution in [-0.4, -0.2) is 35.8 Å². The number of nitrogens with two attached hydrogens (primary N) is 1. The van der Waals surface area contributed by atoms with E-state index in [9.17, 15) is 14.0 Å². The first-order valence-corrected chi connectivity index (χ1v) is 9.18. The third-order valence-electron chi connectivity index (χ3n) is 4.88. The van der Waals surface area contributed by atoms with E-state index in [2.05, 4.69) is 5.32 Å². The molecule has 3 N–H and O–H groups in total. The highest BCUT2D eigenvalue weighted by Gasteiger charge is 2.26. The molecule has 3 rings (SSSR count). The maximum Gasteiger partial charge on any atom is 0.256 e. The number of nitrogens with zero attached hydrogens (tertiary/aromatic N) is 1. The van der Waals surface area contributed by atoms with Crippen LogP contribution < -0.4 is 11.1 Å². The second kappa shape index (κ2) is 10.2. The zero-order valence-corrected chi connectivity index (χ0v) is 16.3. The summed E-state index contributed by atoms with van der Waals surface area (Å²) in [4.78, 5) is 26.3. The van der Waals surface area contributed by atoms with Crippen LogP contribution in [0.5, 0.6) is 0 Å². The van der Waals surface area contributed by atoms with Gasteiger partial charge in [-0.2, -0.15) is 0 Å². The molecule has 150 valence electrons. The molecule has 1 saturated heterocycles. The molecule has 1 aliphatic rings. The van der Waals surface area contributed by atoms with Crippen molar-refractivity contribution < 1.29 is 14.0 Å². The number of carbonyl (C=O) groups is 2. The number of halogens is 2. The SMILES string of the molecule is Cl.NC(CC(=O)NC1CCN(C(=O)c2ccccc2F)CC1)c1ccccc1. The van der Waals surface area contributed by atoms with E-state index in [1.807, 2.05) is 30.3 Å². The van der Waals surface area contributed by atoms with E-state index in [4.69, 9.17) is 5.73 Å². The average Bonchev–Trinajstić information content (AvgIpc) is 2.69. The highest BCUT2D eigenvalue weighted by molar-refractivity contribution is 5.94. The summed E-state index contributed by atoms with van der Waals surface area (Å²) in [5.74, 6) is -0.901. The molecule has 0 aliphatic carbocycles. The molecule has 2 amide bonds. The summed E-state index contributed by atoms with van der Waals surface area (Å²) >= 11 is 0. The van der Waals surface area contributed by atoms with Gasteiger partial charge in [0.05, 0.1) is 5.56 Å². The van der Waals surface area contributed by atoms with E-state index < -0.39 is 5.82 Å². The number of likely N-dealkylation sites (tertiary alicyclic amines) is 1. The summed E-state index contributed by atoms with van der Waals surface area (Å²) in [6.45, 7) is 0.978. The number of benzene rings is 2. The van der Waals surface area contributed by atoms with Crippen molar-refractivity contribution in [3.05, 3.63) is 71.5 Å². The minimum absolute atomic E-state index is 0. The molecule has 1 unspecified atom stereocenters. The minimum atomic E-state index is -0.507. The molecule has 7 heteroatoms. The predicted octanol–water partition coefficient (Wildman–Crippen LogP) is 3.06. The van der Waals surface area contributed by atoms with Gasteiger partial charge in [0.15, 0.2) is 0 Å². The van der Waals surface area contributed by atoms with E-state index in [-0.39, 0.29) is 48.3 Å². The molecule has 2 aromatic rings. The van der Waals surface area contributed by atoms with Gasteiger partial charge in [-0.1, -0.05) is 42.5 Å². The van der Waals surface area contributed by atoms with Gasteiger partial charge in [-0.25, -0.2) is 4.39 Å². The summed E-state index contributed by atoms with van der Waals surface area (Å²) in [5.41, 5.74) is 7.11. The van der Waals surface area contributed by atoms with Crippen molar-refractivity contribution in [3.63, 3.8) is 0 Å². The van der Waals surface area contributed by atoms with Crippen LogP contribution in [0.15, 0.2) is 54.6 Å². The summed E-state index contributed by atoms with van der Waals surface area (Å²) in [6, 6.07) is 15.2. The Hall–Kier alpha value is -2.44. The molecule has 0 spiro atoms. The van der Waals surface area contributed by atoms with Gasteiger partial charge >= 0.3 is 0 Å². The smallest absolute Gasteiger partial charge is 0.256 e. The van der Waals surface area contributed by atoms with Crippen LogP contribution in [0.4, 0.5) is 4.39 Å². The Morgan fingerprint density at radius 3 is 2.32 bits per heavy atom. The van der Waals surface area contributed by atoms with Crippen LogP contribution in [0.25, 0.3) is 0 Å². The van der Waals surface area contributed by atoms with E-state index in [1.54, 1.807) is 17.0 Å². The molecule has 0 saturated carbocycles. The molecule has 0 radical (unpaired) electrons. The first kappa shape index (κ1) is 21.9. The lowest BCUT2D eigenvalue weighted by Crippen LogP contribution is -2.47. The topological polar surface area (TPSA) is 75.4 Å². The number of amides is 2. The fourth-order valence-corrected chi connectivity index (χ4v) is 3.34. The number of rotatable bonds is 5. The van der Waals surface area contributed by atoms with Crippen molar-refractivity contribution in [1.82, 2.24) is 10.2 Å². The van der Waals surface area contributed by atoms with Crippen molar-refractivity contribution >= 4 is 24.2 Å². The monoisotopic (exact) mass is 405 g/mol. The summed E-state index contributed by atoms with van der Waals surface area (Å²) in [7, 11) is 0. The first-order valence-electron chi connectivity index (χ1n) is 9.18. The average molecular weight is 406 g/mol. The molecule has 1 atom stereocenters. The lowest BCUT2D eigenvalue weighted by molar-refractivity contribution is -0.122. The molecular formula is C21H25ClFN3O2. The second-order valence-electron chi connectivity index (χ2n) is 6.84. The van der Waals surface area contributed by atoms with E-state index in [0.717, 1.165) is 5.56 Å². The Bertz CT molecular complexity index is 795. The number of nitrogens with one attached hydrogen (secondary N) is 1. The van der Waals surface area contributed by atoms with E-state index >= 15 is 0 Å². The van der Waals surface area contributed by atoms with Gasteiger partial charge in [0.2, 0.25) is 5.91 Å². The molecule has 0 aromatic heterocycles. The van der Waals surface area contributed by atoms with Gasteiger partial charge in [-0.05, 0) is 30.5 Å². The molecule has 28 heavy (non-hydrogen) atoms. The normalized spacial score (nSPS) is 15.4. The zero-order chi connectivity index (χ0) is 19.2. The maximum absolute atomic E-state index is 13.8. The Morgan fingerprint density at radius 1 is 1.07 bits per heavy atom. The Labute approximate surface area is 170 Å². The maximum atomic E-state index is 13.8. The van der Waals surface area contributed by atoms with Gasteiger partial charge in [0.25, 0.3) is 5.91 Å². The zero-order valence-electron chi connectivity index (χ0n) is 15.5. The van der Waals surface area contributed by atoms with Crippen LogP contribution in [-0.2, 0) is 4.79 Å². The first-order chi connectivity index (χ1) is 13.0. The van der Waals surface area contributed by atoms with Crippen LogP contribution >= 0.6 is 12.4 Å². The van der Waals surface area contributed by atoms with Crippen LogP contribution in [0, 0.1) is 5.82 Å². The molecule has 1 heterocycles. The van der Waals surface area contributed by atoms with E-state index in [1.165, 1.54) is 12.1 Å². The summed E-state index contributed by atoms with van der Waals surface area (Å²) < 4.78 is 13.8. The van der Waals surface area contributed by atoms with Crippen molar-refractivity contribution in [2.75, 3.05) is 13.1 Å². The number of piperidine rings is 1. The third kappa shape index (κ3) is 5.53. The molecule has 2 aromatic carbocycles. The molecule has 1 aliphatic heterocycles. The number of hydrogen-bond donors (Lipinski definition) is 2. The standard InChI is InChI=1S/C21H24FN3O2.ClH/c22-18-9-5-4-8-17(18)21(27)25-12-10-16(11-13-25)24-20(26)14-19(23)15-6-2-1-3-7-15;/h1-9,16,19H,10-14,23H2,(H,24,26);1H. The lowest BCUT2D eigenvalue weighted by Gasteiger charge is -2.32. The van der Waals surface area contributed by atoms with Crippen molar-refractivity contribution in [2.45, 2.75) is 31.3 Å². The second-order valence-corrected chi connectivity index (χ2v) is 6.84. The van der Waals surface area contributed by atoms with Crippen LogP contribution in [0.1, 0.15) is 41.2 Å². The fraction of sp³-hybridized carbons (Fsp3) is 0.333. The van der Waals surface area contributed by atoms with Crippen molar-refractivity contribution in [1.29, 1.82) is 0 Å². The summed E-state index contributed by atoms with van der Waals surface area (Å²) in [6.07, 6.45) is 1.51. The lowest BCUT2D eigenvalue weighted by atomic mass is 10.0. The van der Waals surface area contributed by atoms with Gasteiger partial charge < -0.3 is 16.0 Å². The molecular weight excluding hydrogens is 381 g/mol. The molecule has 5 nitrogen and oxygen atoms in total. The van der Waals surface area contributed by atoms with Gasteiger partial charge in [-0.3, -0.25) is 9.59 Å². The highest BCUT2D eigenvalue weighted by atomic mass is 35.5.